The van der Waals surface area contributed by atoms with Crippen molar-refractivity contribution in [2.24, 2.45) is 23.2 Å². The molecule has 0 aromatic rings. The molecule has 2 aliphatic rings. The molecule has 104 valence electrons. The maximum Gasteiger partial charge on any atom is 0.139 e. The van der Waals surface area contributed by atoms with E-state index in [2.05, 4.69) is 20.8 Å². The van der Waals surface area contributed by atoms with Gasteiger partial charge in [0.2, 0.25) is 0 Å². The van der Waals surface area contributed by atoms with Gasteiger partial charge in [0.05, 0.1) is 0 Å². The lowest BCUT2D eigenvalue weighted by Crippen LogP contribution is -2.33. The third-order valence-electron chi connectivity index (χ3n) is 4.98. The molecule has 0 aromatic carbocycles. The van der Waals surface area contributed by atoms with Crippen LogP contribution in [0.5, 0.6) is 0 Å². The van der Waals surface area contributed by atoms with E-state index in [4.69, 9.17) is 4.74 Å². The van der Waals surface area contributed by atoms with Crippen LogP contribution in [0.1, 0.15) is 59.3 Å². The summed E-state index contributed by atoms with van der Waals surface area (Å²) in [6, 6.07) is 0. The third kappa shape index (κ3) is 3.34. The van der Waals surface area contributed by atoms with E-state index in [1.54, 1.807) is 0 Å². The van der Waals surface area contributed by atoms with Gasteiger partial charge in [-0.25, -0.2) is 0 Å². The molecule has 2 fully saturated rings. The van der Waals surface area contributed by atoms with Crippen LogP contribution in [-0.4, -0.2) is 19.0 Å². The second kappa shape index (κ2) is 5.73. The van der Waals surface area contributed by atoms with Gasteiger partial charge in [0.1, 0.15) is 5.78 Å². The van der Waals surface area contributed by atoms with Gasteiger partial charge in [-0.05, 0) is 49.9 Å². The molecule has 1 saturated heterocycles. The summed E-state index contributed by atoms with van der Waals surface area (Å²) in [4.78, 5) is 12.5. The van der Waals surface area contributed by atoms with Gasteiger partial charge >= 0.3 is 0 Å². The molecule has 0 N–H and O–H groups in total. The molecule has 18 heavy (non-hydrogen) atoms. The van der Waals surface area contributed by atoms with Crippen molar-refractivity contribution in [2.75, 3.05) is 13.2 Å². The first-order valence-corrected chi connectivity index (χ1v) is 7.60. The molecule has 0 atom stereocenters. The summed E-state index contributed by atoms with van der Waals surface area (Å²) in [6.45, 7) is 8.57. The molecule has 1 aliphatic heterocycles. The van der Waals surface area contributed by atoms with Crippen LogP contribution < -0.4 is 0 Å². The molecule has 0 radical (unpaired) electrons. The van der Waals surface area contributed by atoms with Crippen molar-refractivity contribution in [3.8, 4) is 0 Å². The van der Waals surface area contributed by atoms with Gasteiger partial charge in [-0.1, -0.05) is 20.8 Å². The molecule has 2 heteroatoms. The number of carbonyl (C=O) groups is 1. The van der Waals surface area contributed by atoms with Crippen LogP contribution in [0.15, 0.2) is 0 Å². The van der Waals surface area contributed by atoms with E-state index in [9.17, 15) is 4.79 Å². The predicted octanol–water partition coefficient (Wildman–Crippen LogP) is 3.83. The Morgan fingerprint density at radius 1 is 0.889 bits per heavy atom. The van der Waals surface area contributed by atoms with Crippen LogP contribution in [-0.2, 0) is 9.53 Å². The predicted molar refractivity (Wildman–Crippen MR) is 73.5 cm³/mol. The molecular weight excluding hydrogens is 224 g/mol. The van der Waals surface area contributed by atoms with Crippen LogP contribution in [0.2, 0.25) is 0 Å². The Morgan fingerprint density at radius 3 is 1.89 bits per heavy atom. The summed E-state index contributed by atoms with van der Waals surface area (Å²) in [6.07, 6.45) is 6.64. The van der Waals surface area contributed by atoms with Gasteiger partial charge in [-0.3, -0.25) is 4.79 Å². The van der Waals surface area contributed by atoms with Crippen LogP contribution in [0, 0.1) is 23.2 Å². The molecular formula is C16H28O2. The van der Waals surface area contributed by atoms with Crippen molar-refractivity contribution >= 4 is 5.78 Å². The number of rotatable bonds is 2. The quantitative estimate of drug-likeness (QED) is 0.746. The highest BCUT2D eigenvalue weighted by Gasteiger charge is 2.34. The van der Waals surface area contributed by atoms with E-state index in [-0.39, 0.29) is 0 Å². The topological polar surface area (TPSA) is 26.3 Å². The fraction of sp³-hybridized carbons (Fsp3) is 0.938. The van der Waals surface area contributed by atoms with Gasteiger partial charge in [0.15, 0.2) is 0 Å². The Balaban J connectivity index is 1.83. The minimum atomic E-state index is 0.301. The van der Waals surface area contributed by atoms with Crippen molar-refractivity contribution in [2.45, 2.75) is 59.3 Å². The lowest BCUT2D eigenvalue weighted by Gasteiger charge is -2.37. The Kier molecular flexibility index (Phi) is 4.47. The number of Topliss-reactive ketones (excluding diaryl/α,β-unsaturated/α-hetero) is 1. The van der Waals surface area contributed by atoms with Crippen LogP contribution in [0.25, 0.3) is 0 Å². The van der Waals surface area contributed by atoms with E-state index in [0.717, 1.165) is 44.8 Å². The van der Waals surface area contributed by atoms with Gasteiger partial charge in [-0.2, -0.15) is 0 Å². The number of hydrogen-bond acceptors (Lipinski definition) is 2. The largest absolute Gasteiger partial charge is 0.381 e. The number of hydrogen-bond donors (Lipinski definition) is 0. The number of ether oxygens (including phenoxy) is 1. The molecule has 0 unspecified atom stereocenters. The lowest BCUT2D eigenvalue weighted by atomic mass is 9.68. The first-order chi connectivity index (χ1) is 8.48. The van der Waals surface area contributed by atoms with Gasteiger partial charge < -0.3 is 4.74 Å². The van der Waals surface area contributed by atoms with Crippen molar-refractivity contribution < 1.29 is 9.53 Å². The zero-order chi connectivity index (χ0) is 13.2. The second-order valence-corrected chi connectivity index (χ2v) is 7.20. The summed E-state index contributed by atoms with van der Waals surface area (Å²) >= 11 is 0. The molecule has 1 aliphatic carbocycles. The summed E-state index contributed by atoms with van der Waals surface area (Å²) in [7, 11) is 0. The molecule has 0 aromatic heterocycles. The summed E-state index contributed by atoms with van der Waals surface area (Å²) in [5.74, 6) is 2.00. The molecule has 1 heterocycles. The van der Waals surface area contributed by atoms with E-state index < -0.39 is 0 Å². The molecule has 2 rings (SSSR count). The summed E-state index contributed by atoms with van der Waals surface area (Å²) in [5.41, 5.74) is 0.409. The third-order valence-corrected chi connectivity index (χ3v) is 4.98. The number of ketones is 1. The zero-order valence-electron chi connectivity index (χ0n) is 12.2. The summed E-state index contributed by atoms with van der Waals surface area (Å²) in [5, 5.41) is 0. The van der Waals surface area contributed by atoms with Crippen LogP contribution in [0.3, 0.4) is 0 Å². The first-order valence-electron chi connectivity index (χ1n) is 7.60. The molecule has 0 amide bonds. The van der Waals surface area contributed by atoms with Crippen molar-refractivity contribution in [1.29, 1.82) is 0 Å². The Hall–Kier alpha value is -0.370. The smallest absolute Gasteiger partial charge is 0.139 e. The first kappa shape index (κ1) is 14.0. The highest BCUT2D eigenvalue weighted by Crippen LogP contribution is 2.41. The Labute approximate surface area is 111 Å². The lowest BCUT2D eigenvalue weighted by molar-refractivity contribution is -0.131. The molecule has 2 nitrogen and oxygen atoms in total. The Morgan fingerprint density at radius 2 is 1.39 bits per heavy atom. The van der Waals surface area contributed by atoms with Gasteiger partial charge in [0, 0.05) is 25.0 Å². The summed E-state index contributed by atoms with van der Waals surface area (Å²) < 4.78 is 5.35. The molecule has 0 spiro atoms. The van der Waals surface area contributed by atoms with E-state index in [1.807, 2.05) is 0 Å². The van der Waals surface area contributed by atoms with Gasteiger partial charge in [-0.15, -0.1) is 0 Å². The molecule has 1 saturated carbocycles. The minimum absolute atomic E-state index is 0.301. The fourth-order valence-corrected chi connectivity index (χ4v) is 3.56. The monoisotopic (exact) mass is 252 g/mol. The number of carbonyl (C=O) groups excluding carboxylic acids is 1. The highest BCUT2D eigenvalue weighted by molar-refractivity contribution is 5.83. The average Bonchev–Trinajstić information content (AvgIpc) is 2.38. The highest BCUT2D eigenvalue weighted by atomic mass is 16.5. The fourth-order valence-electron chi connectivity index (χ4n) is 3.56. The zero-order valence-corrected chi connectivity index (χ0v) is 12.2. The van der Waals surface area contributed by atoms with Crippen molar-refractivity contribution in [3.05, 3.63) is 0 Å². The van der Waals surface area contributed by atoms with Gasteiger partial charge in [0.25, 0.3) is 0 Å². The SMILES string of the molecule is CC(C)(C)C1CCC(C(=O)C2CCOCC2)CC1. The Bertz CT molecular complexity index is 276. The van der Waals surface area contributed by atoms with E-state index >= 15 is 0 Å². The maximum absolute atomic E-state index is 12.5. The van der Waals surface area contributed by atoms with Crippen LogP contribution in [0.4, 0.5) is 0 Å². The van der Waals surface area contributed by atoms with Crippen molar-refractivity contribution in [1.82, 2.24) is 0 Å². The van der Waals surface area contributed by atoms with E-state index in [1.165, 1.54) is 12.8 Å². The second-order valence-electron chi connectivity index (χ2n) is 7.20. The maximum atomic E-state index is 12.5. The standard InChI is InChI=1S/C16H28O2/c1-16(2,3)14-6-4-12(5-7-14)15(17)13-8-10-18-11-9-13/h12-14H,4-11H2,1-3H3. The van der Waals surface area contributed by atoms with Crippen LogP contribution >= 0.6 is 0 Å². The van der Waals surface area contributed by atoms with Crippen molar-refractivity contribution in [3.63, 3.8) is 0 Å². The average molecular weight is 252 g/mol. The van der Waals surface area contributed by atoms with E-state index in [0.29, 0.717) is 23.0 Å². The normalized spacial score (nSPS) is 31.3. The molecule has 0 bridgehead atoms. The minimum Gasteiger partial charge on any atom is -0.381 e.